The minimum atomic E-state index is -0.853. The van der Waals surface area contributed by atoms with E-state index in [1.54, 1.807) is 11.9 Å². The minimum absolute atomic E-state index is 0.0564. The van der Waals surface area contributed by atoms with E-state index >= 15 is 0 Å². The van der Waals surface area contributed by atoms with E-state index < -0.39 is 5.97 Å². The van der Waals surface area contributed by atoms with E-state index in [0.29, 0.717) is 0 Å². The van der Waals surface area contributed by atoms with Crippen LogP contribution in [-0.2, 0) is 4.79 Å². The fourth-order valence-corrected chi connectivity index (χ4v) is 3.24. The topological polar surface area (TPSA) is 56.7 Å². The molecule has 2 heterocycles. The largest absolute Gasteiger partial charge is 0.480 e. The third-order valence-corrected chi connectivity index (χ3v) is 4.24. The molecule has 3 rings (SSSR count). The highest BCUT2D eigenvalue weighted by atomic mass is 16.4. The Bertz CT molecular complexity index is 708. The first-order chi connectivity index (χ1) is 10.6. The van der Waals surface area contributed by atoms with Crippen molar-refractivity contribution in [2.75, 3.05) is 36.5 Å². The van der Waals surface area contributed by atoms with Crippen LogP contribution in [-0.4, -0.2) is 42.7 Å². The van der Waals surface area contributed by atoms with Crippen LogP contribution in [0.3, 0.4) is 0 Å². The van der Waals surface area contributed by atoms with Gasteiger partial charge in [0.15, 0.2) is 0 Å². The van der Waals surface area contributed by atoms with Crippen molar-refractivity contribution in [3.05, 3.63) is 30.0 Å². The summed E-state index contributed by atoms with van der Waals surface area (Å²) in [7, 11) is 1.77. The summed E-state index contributed by atoms with van der Waals surface area (Å²) in [5.41, 5.74) is 2.37. The lowest BCUT2D eigenvalue weighted by Crippen LogP contribution is -2.26. The van der Waals surface area contributed by atoms with Gasteiger partial charge in [-0.1, -0.05) is 12.1 Å². The van der Waals surface area contributed by atoms with Crippen LogP contribution in [0, 0.1) is 6.92 Å². The highest BCUT2D eigenvalue weighted by Crippen LogP contribution is 2.35. The van der Waals surface area contributed by atoms with Gasteiger partial charge in [-0.3, -0.25) is 4.79 Å². The molecule has 116 valence electrons. The maximum atomic E-state index is 11.0. The Labute approximate surface area is 130 Å². The molecule has 1 aliphatic rings. The zero-order valence-corrected chi connectivity index (χ0v) is 13.0. The number of fused-ring (bicyclic) bond motifs is 1. The van der Waals surface area contributed by atoms with Gasteiger partial charge in [0.25, 0.3) is 0 Å². The van der Waals surface area contributed by atoms with E-state index in [9.17, 15) is 4.79 Å². The van der Waals surface area contributed by atoms with Gasteiger partial charge in [-0.15, -0.1) is 0 Å². The zero-order valence-electron chi connectivity index (χ0n) is 13.0. The number of hydrogen-bond donors (Lipinski definition) is 1. The SMILES string of the molecule is Cc1cnc(N(C)CC(=O)O)c2cccc(N3CCCC3)c12. The van der Waals surface area contributed by atoms with Gasteiger partial charge >= 0.3 is 5.97 Å². The van der Waals surface area contributed by atoms with Gasteiger partial charge in [0.05, 0.1) is 0 Å². The fourth-order valence-electron chi connectivity index (χ4n) is 3.24. The highest BCUT2D eigenvalue weighted by Gasteiger charge is 2.19. The second-order valence-electron chi connectivity index (χ2n) is 5.91. The third kappa shape index (κ3) is 2.58. The van der Waals surface area contributed by atoms with Crippen LogP contribution in [0.4, 0.5) is 11.5 Å². The molecule has 2 aromatic rings. The summed E-state index contributed by atoms with van der Waals surface area (Å²) in [5, 5.41) is 11.2. The number of carboxylic acid groups (broad SMARTS) is 1. The molecule has 0 amide bonds. The number of aromatic nitrogens is 1. The lowest BCUT2D eigenvalue weighted by Gasteiger charge is -2.24. The van der Waals surface area contributed by atoms with E-state index in [0.717, 1.165) is 29.9 Å². The van der Waals surface area contributed by atoms with Crippen molar-refractivity contribution in [3.8, 4) is 0 Å². The Morgan fingerprint density at radius 2 is 2.09 bits per heavy atom. The molecule has 0 saturated carbocycles. The van der Waals surface area contributed by atoms with E-state index in [4.69, 9.17) is 5.11 Å². The summed E-state index contributed by atoms with van der Waals surface area (Å²) in [6, 6.07) is 6.22. The molecule has 0 aliphatic carbocycles. The maximum Gasteiger partial charge on any atom is 0.323 e. The van der Waals surface area contributed by atoms with E-state index in [-0.39, 0.29) is 6.54 Å². The number of aliphatic carboxylic acids is 1. The van der Waals surface area contributed by atoms with Crippen molar-refractivity contribution in [2.45, 2.75) is 19.8 Å². The van der Waals surface area contributed by atoms with Crippen molar-refractivity contribution >= 4 is 28.2 Å². The quantitative estimate of drug-likeness (QED) is 0.940. The number of carboxylic acids is 1. The Kier molecular flexibility index (Phi) is 3.88. The molecule has 22 heavy (non-hydrogen) atoms. The number of nitrogens with zero attached hydrogens (tertiary/aromatic N) is 3. The molecule has 0 spiro atoms. The second-order valence-corrected chi connectivity index (χ2v) is 5.91. The van der Waals surface area contributed by atoms with Gasteiger partial charge < -0.3 is 14.9 Å². The van der Waals surface area contributed by atoms with Crippen molar-refractivity contribution in [1.29, 1.82) is 0 Å². The first-order valence-electron chi connectivity index (χ1n) is 7.64. The Balaban J connectivity index is 2.14. The third-order valence-electron chi connectivity index (χ3n) is 4.24. The molecule has 1 aliphatic heterocycles. The molecule has 5 nitrogen and oxygen atoms in total. The molecule has 1 fully saturated rings. The predicted molar refractivity (Wildman–Crippen MR) is 88.8 cm³/mol. The van der Waals surface area contributed by atoms with Gasteiger partial charge in [0.1, 0.15) is 12.4 Å². The Morgan fingerprint density at radius 3 is 2.77 bits per heavy atom. The standard InChI is InChI=1S/C17H21N3O2/c1-12-10-18-17(19(2)11-15(21)22)13-6-5-7-14(16(12)13)20-8-3-4-9-20/h5-7,10H,3-4,8-9,11H2,1-2H3,(H,21,22). The Morgan fingerprint density at radius 1 is 1.36 bits per heavy atom. The number of rotatable bonds is 4. The number of benzene rings is 1. The van der Waals surface area contributed by atoms with Crippen molar-refractivity contribution in [2.24, 2.45) is 0 Å². The monoisotopic (exact) mass is 299 g/mol. The highest BCUT2D eigenvalue weighted by molar-refractivity contribution is 6.03. The van der Waals surface area contributed by atoms with Crippen LogP contribution >= 0.6 is 0 Å². The number of hydrogen-bond acceptors (Lipinski definition) is 4. The molecule has 1 aromatic heterocycles. The fraction of sp³-hybridized carbons (Fsp3) is 0.412. The van der Waals surface area contributed by atoms with Gasteiger partial charge in [0, 0.05) is 42.8 Å². The lowest BCUT2D eigenvalue weighted by molar-refractivity contribution is -0.135. The normalized spacial score (nSPS) is 14.5. The number of aryl methyl sites for hydroxylation is 1. The summed E-state index contributed by atoms with van der Waals surface area (Å²) in [5.74, 6) is -0.127. The minimum Gasteiger partial charge on any atom is -0.480 e. The summed E-state index contributed by atoms with van der Waals surface area (Å²) >= 11 is 0. The van der Waals surface area contributed by atoms with Crippen molar-refractivity contribution < 1.29 is 9.90 Å². The molecule has 1 N–H and O–H groups in total. The zero-order chi connectivity index (χ0) is 15.7. The van der Waals surface area contributed by atoms with Crippen LogP contribution in [0.5, 0.6) is 0 Å². The number of pyridine rings is 1. The summed E-state index contributed by atoms with van der Waals surface area (Å²) in [4.78, 5) is 19.6. The predicted octanol–water partition coefficient (Wildman–Crippen LogP) is 2.66. The molecule has 1 saturated heterocycles. The number of carbonyl (C=O) groups is 1. The molecule has 0 radical (unpaired) electrons. The molecule has 1 aromatic carbocycles. The summed E-state index contributed by atoms with van der Waals surface area (Å²) in [6.07, 6.45) is 4.30. The maximum absolute atomic E-state index is 11.0. The number of likely N-dealkylation sites (N-methyl/N-ethyl adjacent to an activating group) is 1. The lowest BCUT2D eigenvalue weighted by atomic mass is 10.0. The van der Waals surface area contributed by atoms with Crippen LogP contribution in [0.1, 0.15) is 18.4 Å². The molecule has 0 unspecified atom stereocenters. The average Bonchev–Trinajstić information content (AvgIpc) is 3.00. The van der Waals surface area contributed by atoms with Crippen LogP contribution in [0.25, 0.3) is 10.8 Å². The molecular weight excluding hydrogens is 278 g/mol. The van der Waals surface area contributed by atoms with Crippen molar-refractivity contribution in [1.82, 2.24) is 4.98 Å². The first kappa shape index (κ1) is 14.6. The second kappa shape index (κ2) is 5.83. The van der Waals surface area contributed by atoms with Gasteiger partial charge in [-0.25, -0.2) is 4.98 Å². The molecular formula is C17H21N3O2. The van der Waals surface area contributed by atoms with E-state index in [1.807, 2.05) is 18.3 Å². The van der Waals surface area contributed by atoms with Crippen LogP contribution in [0.15, 0.2) is 24.4 Å². The Hall–Kier alpha value is -2.30. The summed E-state index contributed by atoms with van der Waals surface area (Å²) < 4.78 is 0. The van der Waals surface area contributed by atoms with E-state index in [2.05, 4.69) is 22.9 Å². The van der Waals surface area contributed by atoms with Gasteiger partial charge in [-0.2, -0.15) is 0 Å². The van der Waals surface area contributed by atoms with E-state index in [1.165, 1.54) is 23.9 Å². The first-order valence-corrected chi connectivity index (χ1v) is 7.64. The average molecular weight is 299 g/mol. The van der Waals surface area contributed by atoms with Gasteiger partial charge in [-0.05, 0) is 31.4 Å². The molecule has 0 bridgehead atoms. The number of anilines is 2. The molecule has 5 heteroatoms. The van der Waals surface area contributed by atoms with Crippen molar-refractivity contribution in [3.63, 3.8) is 0 Å². The van der Waals surface area contributed by atoms with Crippen LogP contribution < -0.4 is 9.80 Å². The van der Waals surface area contributed by atoms with Gasteiger partial charge in [0.2, 0.25) is 0 Å². The van der Waals surface area contributed by atoms with Crippen LogP contribution in [0.2, 0.25) is 0 Å². The smallest absolute Gasteiger partial charge is 0.323 e. The summed E-state index contributed by atoms with van der Waals surface area (Å²) in [6.45, 7) is 4.18. The molecule has 0 atom stereocenters.